The number of hydrogen-bond donors (Lipinski definition) is 1. The van der Waals surface area contributed by atoms with Gasteiger partial charge in [-0.2, -0.15) is 0 Å². The summed E-state index contributed by atoms with van der Waals surface area (Å²) in [6, 6.07) is 13.6. The number of benzene rings is 2. The molecule has 1 aliphatic rings. The third-order valence-corrected chi connectivity index (χ3v) is 4.14. The predicted molar refractivity (Wildman–Crippen MR) is 88.3 cm³/mol. The van der Waals surface area contributed by atoms with Gasteiger partial charge < -0.3 is 10.1 Å². The van der Waals surface area contributed by atoms with Gasteiger partial charge in [0.05, 0.1) is 12.6 Å². The highest BCUT2D eigenvalue weighted by Crippen LogP contribution is 2.29. The molecule has 114 valence electrons. The van der Waals surface area contributed by atoms with Crippen LogP contribution in [0.2, 0.25) is 5.02 Å². The second kappa shape index (κ2) is 6.51. The molecule has 1 saturated heterocycles. The summed E-state index contributed by atoms with van der Waals surface area (Å²) in [4.78, 5) is 12.3. The number of rotatable bonds is 3. The Labute approximate surface area is 135 Å². The number of hydrogen-bond acceptors (Lipinski definition) is 2. The first-order chi connectivity index (χ1) is 10.6. The fraction of sp³-hybridized carbons (Fsp3) is 0.278. The van der Waals surface area contributed by atoms with E-state index in [9.17, 15) is 4.79 Å². The van der Waals surface area contributed by atoms with Crippen LogP contribution in [0.5, 0.6) is 0 Å². The number of halogens is 1. The Balaban J connectivity index is 1.84. The highest BCUT2D eigenvalue weighted by atomic mass is 35.5. The van der Waals surface area contributed by atoms with Gasteiger partial charge in [-0.25, -0.2) is 0 Å². The van der Waals surface area contributed by atoms with E-state index in [2.05, 4.69) is 5.32 Å². The van der Waals surface area contributed by atoms with E-state index >= 15 is 0 Å². The standard InChI is InChI=1S/C18H18ClNO2/c1-12-5-6-16(17(19)9-12)13-3-2-4-14(10-13)18(21)20-15-7-8-22-11-15/h2-6,9-10,15H,7-8,11H2,1H3,(H,20,21). The predicted octanol–water partition coefficient (Wildman–Crippen LogP) is 3.83. The number of nitrogens with one attached hydrogen (secondary N) is 1. The smallest absolute Gasteiger partial charge is 0.251 e. The lowest BCUT2D eigenvalue weighted by Crippen LogP contribution is -2.34. The highest BCUT2D eigenvalue weighted by molar-refractivity contribution is 6.33. The molecule has 2 aromatic rings. The van der Waals surface area contributed by atoms with Crippen molar-refractivity contribution >= 4 is 17.5 Å². The first kappa shape index (κ1) is 15.1. The van der Waals surface area contributed by atoms with Crippen molar-refractivity contribution in [2.24, 2.45) is 0 Å². The summed E-state index contributed by atoms with van der Waals surface area (Å²) < 4.78 is 5.28. The molecule has 4 heteroatoms. The van der Waals surface area contributed by atoms with Crippen LogP contribution in [0.4, 0.5) is 0 Å². The molecule has 1 heterocycles. The van der Waals surface area contributed by atoms with Gasteiger partial charge in [0.2, 0.25) is 0 Å². The molecule has 1 fully saturated rings. The van der Waals surface area contributed by atoms with Crippen LogP contribution in [-0.4, -0.2) is 25.2 Å². The van der Waals surface area contributed by atoms with Gasteiger partial charge in [-0.1, -0.05) is 35.9 Å². The first-order valence-electron chi connectivity index (χ1n) is 7.39. The maximum atomic E-state index is 12.3. The van der Waals surface area contributed by atoms with Crippen LogP contribution in [-0.2, 0) is 4.74 Å². The monoisotopic (exact) mass is 315 g/mol. The van der Waals surface area contributed by atoms with E-state index in [-0.39, 0.29) is 11.9 Å². The van der Waals surface area contributed by atoms with Crippen molar-refractivity contribution in [3.63, 3.8) is 0 Å². The van der Waals surface area contributed by atoms with Crippen LogP contribution >= 0.6 is 11.6 Å². The number of carbonyl (C=O) groups is 1. The molecule has 3 nitrogen and oxygen atoms in total. The normalized spacial score (nSPS) is 17.5. The minimum atomic E-state index is -0.0689. The highest BCUT2D eigenvalue weighted by Gasteiger charge is 2.18. The average Bonchev–Trinajstić information content (AvgIpc) is 3.00. The molecular formula is C18H18ClNO2. The van der Waals surface area contributed by atoms with Crippen molar-refractivity contribution in [2.75, 3.05) is 13.2 Å². The summed E-state index contributed by atoms with van der Waals surface area (Å²) in [7, 11) is 0. The molecule has 0 aliphatic carbocycles. The third-order valence-electron chi connectivity index (χ3n) is 3.83. The van der Waals surface area contributed by atoms with Crippen LogP contribution in [0.15, 0.2) is 42.5 Å². The zero-order chi connectivity index (χ0) is 15.5. The fourth-order valence-corrected chi connectivity index (χ4v) is 2.94. The minimum absolute atomic E-state index is 0.0689. The van der Waals surface area contributed by atoms with E-state index < -0.39 is 0 Å². The molecule has 0 spiro atoms. The van der Waals surface area contributed by atoms with E-state index in [0.717, 1.165) is 23.1 Å². The number of amides is 1. The maximum Gasteiger partial charge on any atom is 0.251 e. The second-order valence-corrected chi connectivity index (χ2v) is 6.01. The van der Waals surface area contributed by atoms with Crippen LogP contribution in [0.3, 0.4) is 0 Å². The lowest BCUT2D eigenvalue weighted by Gasteiger charge is -2.12. The Morgan fingerprint density at radius 3 is 2.86 bits per heavy atom. The molecule has 0 aromatic heterocycles. The van der Waals surface area contributed by atoms with E-state index in [4.69, 9.17) is 16.3 Å². The molecule has 1 unspecified atom stereocenters. The Hall–Kier alpha value is -1.84. The van der Waals surface area contributed by atoms with Crippen LogP contribution in [0.25, 0.3) is 11.1 Å². The summed E-state index contributed by atoms with van der Waals surface area (Å²) in [6.07, 6.45) is 0.870. The van der Waals surface area contributed by atoms with Crippen LogP contribution < -0.4 is 5.32 Å². The molecule has 2 aromatic carbocycles. The van der Waals surface area contributed by atoms with Crippen molar-refractivity contribution < 1.29 is 9.53 Å². The van der Waals surface area contributed by atoms with E-state index in [1.165, 1.54) is 0 Å². The van der Waals surface area contributed by atoms with Gasteiger partial charge in [0.1, 0.15) is 0 Å². The summed E-state index contributed by atoms with van der Waals surface area (Å²) >= 11 is 6.32. The number of aryl methyl sites for hydroxylation is 1. The molecule has 1 N–H and O–H groups in total. The summed E-state index contributed by atoms with van der Waals surface area (Å²) in [6.45, 7) is 3.31. The van der Waals surface area contributed by atoms with Gasteiger partial charge in [0.15, 0.2) is 0 Å². The number of ether oxygens (including phenoxy) is 1. The quantitative estimate of drug-likeness (QED) is 0.934. The Morgan fingerprint density at radius 1 is 1.27 bits per heavy atom. The van der Waals surface area contributed by atoms with Gasteiger partial charge in [0.25, 0.3) is 5.91 Å². The van der Waals surface area contributed by atoms with E-state index in [1.807, 2.05) is 49.4 Å². The van der Waals surface area contributed by atoms with Gasteiger partial charge in [-0.05, 0) is 42.7 Å². The topological polar surface area (TPSA) is 38.3 Å². The Bertz CT molecular complexity index is 693. The Kier molecular flexibility index (Phi) is 4.46. The van der Waals surface area contributed by atoms with Crippen molar-refractivity contribution in [3.8, 4) is 11.1 Å². The van der Waals surface area contributed by atoms with Gasteiger partial charge in [0, 0.05) is 22.8 Å². The molecule has 0 bridgehead atoms. The average molecular weight is 316 g/mol. The van der Waals surface area contributed by atoms with Crippen molar-refractivity contribution in [3.05, 3.63) is 58.6 Å². The van der Waals surface area contributed by atoms with Crippen molar-refractivity contribution in [1.29, 1.82) is 0 Å². The third kappa shape index (κ3) is 3.32. The molecule has 1 amide bonds. The van der Waals surface area contributed by atoms with E-state index in [1.54, 1.807) is 0 Å². The molecule has 1 atom stereocenters. The summed E-state index contributed by atoms with van der Waals surface area (Å²) in [5, 5.41) is 3.70. The molecule has 0 saturated carbocycles. The lowest BCUT2D eigenvalue weighted by molar-refractivity contribution is 0.0930. The van der Waals surface area contributed by atoms with Crippen LogP contribution in [0, 0.1) is 6.92 Å². The van der Waals surface area contributed by atoms with Gasteiger partial charge in [-0.3, -0.25) is 4.79 Å². The molecular weight excluding hydrogens is 298 g/mol. The largest absolute Gasteiger partial charge is 0.379 e. The zero-order valence-electron chi connectivity index (χ0n) is 12.4. The van der Waals surface area contributed by atoms with Crippen molar-refractivity contribution in [1.82, 2.24) is 5.32 Å². The summed E-state index contributed by atoms with van der Waals surface area (Å²) in [5.41, 5.74) is 3.64. The lowest BCUT2D eigenvalue weighted by atomic mass is 10.0. The molecule has 3 rings (SSSR count). The zero-order valence-corrected chi connectivity index (χ0v) is 13.2. The minimum Gasteiger partial charge on any atom is -0.379 e. The summed E-state index contributed by atoms with van der Waals surface area (Å²) in [5.74, 6) is -0.0689. The Morgan fingerprint density at radius 2 is 2.14 bits per heavy atom. The maximum absolute atomic E-state index is 12.3. The fourth-order valence-electron chi connectivity index (χ4n) is 2.60. The molecule has 0 radical (unpaired) electrons. The second-order valence-electron chi connectivity index (χ2n) is 5.60. The van der Waals surface area contributed by atoms with Gasteiger partial charge in [-0.15, -0.1) is 0 Å². The molecule has 1 aliphatic heterocycles. The van der Waals surface area contributed by atoms with E-state index in [0.29, 0.717) is 23.8 Å². The SMILES string of the molecule is Cc1ccc(-c2cccc(C(=O)NC3CCOC3)c2)c(Cl)c1. The van der Waals surface area contributed by atoms with Crippen LogP contribution in [0.1, 0.15) is 22.3 Å². The first-order valence-corrected chi connectivity index (χ1v) is 7.76. The number of carbonyl (C=O) groups excluding carboxylic acids is 1. The molecule has 22 heavy (non-hydrogen) atoms. The van der Waals surface area contributed by atoms with Gasteiger partial charge >= 0.3 is 0 Å². The van der Waals surface area contributed by atoms with Crippen molar-refractivity contribution in [2.45, 2.75) is 19.4 Å².